The van der Waals surface area contributed by atoms with Crippen molar-refractivity contribution in [2.45, 2.75) is 44.0 Å². The third kappa shape index (κ3) is 4.62. The maximum Gasteiger partial charge on any atom is 0.412 e. The van der Waals surface area contributed by atoms with E-state index in [1.807, 2.05) is 26.8 Å². The summed E-state index contributed by atoms with van der Waals surface area (Å²) in [7, 11) is 3.31. The molecule has 1 aromatic rings. The zero-order valence-corrected chi connectivity index (χ0v) is 15.2. The minimum absolute atomic E-state index is 0.353. The van der Waals surface area contributed by atoms with E-state index in [0.29, 0.717) is 13.2 Å². The van der Waals surface area contributed by atoms with Gasteiger partial charge < -0.3 is 14.2 Å². The predicted molar refractivity (Wildman–Crippen MR) is 90.6 cm³/mol. The maximum atomic E-state index is 12.4. The molecular formula is C17H25NO4S. The molecule has 0 fully saturated rings. The van der Waals surface area contributed by atoms with E-state index < -0.39 is 11.8 Å². The Balaban J connectivity index is 2.13. The molecule has 5 nitrogen and oxygen atoms in total. The summed E-state index contributed by atoms with van der Waals surface area (Å²) >= 11 is 1.74. The number of hydrogen-bond donors (Lipinski definition) is 0. The molecule has 1 atom stereocenters. The van der Waals surface area contributed by atoms with Gasteiger partial charge in [-0.2, -0.15) is 0 Å². The Morgan fingerprint density at radius 1 is 1.35 bits per heavy atom. The molecule has 1 aromatic carbocycles. The highest BCUT2D eigenvalue weighted by molar-refractivity contribution is 7.99. The zero-order valence-electron chi connectivity index (χ0n) is 14.4. The first-order chi connectivity index (χ1) is 10.9. The third-order valence-corrected chi connectivity index (χ3v) is 4.37. The van der Waals surface area contributed by atoms with Gasteiger partial charge in [0.15, 0.2) is 6.23 Å². The number of rotatable bonds is 5. The van der Waals surface area contributed by atoms with Gasteiger partial charge in [0.05, 0.1) is 13.2 Å². The Bertz CT molecular complexity index is 556. The van der Waals surface area contributed by atoms with E-state index in [4.69, 9.17) is 14.2 Å². The molecule has 0 aromatic heterocycles. The molecule has 128 valence electrons. The fourth-order valence-corrected chi connectivity index (χ4v) is 3.34. The van der Waals surface area contributed by atoms with E-state index in [1.54, 1.807) is 30.9 Å². The largest absolute Gasteiger partial charge is 0.444 e. The molecule has 1 aliphatic heterocycles. The minimum atomic E-state index is -0.523. The average Bonchev–Trinajstić information content (AvgIpc) is 2.83. The Labute approximate surface area is 142 Å². The molecule has 1 aliphatic rings. The topological polar surface area (TPSA) is 48.0 Å². The Hall–Kier alpha value is -1.24. The van der Waals surface area contributed by atoms with Crippen LogP contribution in [0.4, 0.5) is 4.79 Å². The first-order valence-corrected chi connectivity index (χ1v) is 8.61. The van der Waals surface area contributed by atoms with Crippen molar-refractivity contribution >= 4 is 17.9 Å². The molecule has 0 bridgehead atoms. The minimum Gasteiger partial charge on any atom is -0.444 e. The van der Waals surface area contributed by atoms with Crippen LogP contribution < -0.4 is 0 Å². The van der Waals surface area contributed by atoms with E-state index in [0.717, 1.165) is 16.9 Å². The number of amides is 1. The number of benzene rings is 1. The number of fused-ring (bicyclic) bond motifs is 1. The quantitative estimate of drug-likeness (QED) is 0.603. The number of carbonyl (C=O) groups is 1. The molecule has 1 heterocycles. The van der Waals surface area contributed by atoms with Gasteiger partial charge in [-0.3, -0.25) is 4.90 Å². The lowest BCUT2D eigenvalue weighted by Gasteiger charge is -2.27. The van der Waals surface area contributed by atoms with Gasteiger partial charge in [0.2, 0.25) is 0 Å². The van der Waals surface area contributed by atoms with Crippen molar-refractivity contribution in [3.63, 3.8) is 0 Å². The van der Waals surface area contributed by atoms with E-state index in [9.17, 15) is 4.79 Å². The summed E-state index contributed by atoms with van der Waals surface area (Å²) in [6.45, 7) is 6.80. The summed E-state index contributed by atoms with van der Waals surface area (Å²) in [6, 6.07) is 6.21. The molecule has 0 saturated carbocycles. The lowest BCUT2D eigenvalue weighted by molar-refractivity contribution is -0.0448. The van der Waals surface area contributed by atoms with Crippen LogP contribution in [0, 0.1) is 0 Å². The second-order valence-electron chi connectivity index (χ2n) is 6.40. The highest BCUT2D eigenvalue weighted by atomic mass is 32.2. The molecule has 1 amide bonds. The number of nitrogens with zero attached hydrogens (tertiary/aromatic N) is 1. The van der Waals surface area contributed by atoms with Crippen LogP contribution in [-0.4, -0.2) is 43.2 Å². The van der Waals surface area contributed by atoms with Gasteiger partial charge in [0.25, 0.3) is 0 Å². The number of hydrogen-bond acceptors (Lipinski definition) is 5. The summed E-state index contributed by atoms with van der Waals surface area (Å²) in [5, 5.41) is 0. The standard InChI is InChI=1S/C17H25NO4S/c1-17(2,3)22-16(19)18-11-12-10-13(23-9-8-20-4)6-7-14(12)15(18)21-5/h6-7,10,15H,8-9,11H2,1-5H3. The molecule has 0 saturated heterocycles. The van der Waals surface area contributed by atoms with Crippen molar-refractivity contribution in [1.29, 1.82) is 0 Å². The fraction of sp³-hybridized carbons (Fsp3) is 0.588. The highest BCUT2D eigenvalue weighted by Gasteiger charge is 2.36. The van der Waals surface area contributed by atoms with Crippen LogP contribution in [0.3, 0.4) is 0 Å². The van der Waals surface area contributed by atoms with E-state index in [2.05, 4.69) is 12.1 Å². The number of ether oxygens (including phenoxy) is 3. The molecule has 0 spiro atoms. The second-order valence-corrected chi connectivity index (χ2v) is 7.57. The van der Waals surface area contributed by atoms with Crippen molar-refractivity contribution in [3.8, 4) is 0 Å². The van der Waals surface area contributed by atoms with E-state index in [1.165, 1.54) is 4.90 Å². The number of thioether (sulfide) groups is 1. The van der Waals surface area contributed by atoms with Gasteiger partial charge in [-0.1, -0.05) is 6.07 Å². The SMILES string of the molecule is COCCSc1ccc2c(c1)CN(C(=O)OC(C)(C)C)C2OC. The van der Waals surface area contributed by atoms with Gasteiger partial charge in [-0.15, -0.1) is 11.8 Å². The molecular weight excluding hydrogens is 314 g/mol. The van der Waals surface area contributed by atoms with Gasteiger partial charge >= 0.3 is 6.09 Å². The smallest absolute Gasteiger partial charge is 0.412 e. The van der Waals surface area contributed by atoms with Crippen molar-refractivity contribution in [2.24, 2.45) is 0 Å². The number of carbonyl (C=O) groups excluding carboxylic acids is 1. The molecule has 0 N–H and O–H groups in total. The normalized spacial score (nSPS) is 17.3. The van der Waals surface area contributed by atoms with Gasteiger partial charge in [-0.05, 0) is 38.5 Å². The van der Waals surface area contributed by atoms with Crippen molar-refractivity contribution in [1.82, 2.24) is 4.90 Å². The van der Waals surface area contributed by atoms with Crippen LogP contribution in [0.2, 0.25) is 0 Å². The molecule has 0 aliphatic carbocycles. The van der Waals surface area contributed by atoms with E-state index >= 15 is 0 Å². The lowest BCUT2D eigenvalue weighted by atomic mass is 10.1. The highest BCUT2D eigenvalue weighted by Crippen LogP contribution is 2.37. The first-order valence-electron chi connectivity index (χ1n) is 7.62. The Morgan fingerprint density at radius 2 is 2.09 bits per heavy atom. The summed E-state index contributed by atoms with van der Waals surface area (Å²) in [5.74, 6) is 0.902. The average molecular weight is 339 g/mol. The van der Waals surface area contributed by atoms with Crippen molar-refractivity contribution in [3.05, 3.63) is 29.3 Å². The summed E-state index contributed by atoms with van der Waals surface area (Å²) in [5.41, 5.74) is 1.60. The van der Waals surface area contributed by atoms with Crippen molar-refractivity contribution in [2.75, 3.05) is 26.6 Å². The van der Waals surface area contributed by atoms with Crippen LogP contribution in [0.25, 0.3) is 0 Å². The molecule has 1 unspecified atom stereocenters. The lowest BCUT2D eigenvalue weighted by Crippen LogP contribution is -2.36. The summed E-state index contributed by atoms with van der Waals surface area (Å²) < 4.78 is 16.1. The molecule has 23 heavy (non-hydrogen) atoms. The summed E-state index contributed by atoms with van der Waals surface area (Å²) in [6.07, 6.45) is -0.744. The maximum absolute atomic E-state index is 12.4. The van der Waals surface area contributed by atoms with Gasteiger partial charge in [0, 0.05) is 30.4 Å². The summed E-state index contributed by atoms with van der Waals surface area (Å²) in [4.78, 5) is 15.2. The zero-order chi connectivity index (χ0) is 17.0. The van der Waals surface area contributed by atoms with E-state index in [-0.39, 0.29) is 6.09 Å². The monoisotopic (exact) mass is 339 g/mol. The second kappa shape index (κ2) is 7.55. The third-order valence-electron chi connectivity index (χ3n) is 3.41. The van der Waals surface area contributed by atoms with Crippen LogP contribution >= 0.6 is 11.8 Å². The Morgan fingerprint density at radius 3 is 2.70 bits per heavy atom. The molecule has 2 rings (SSSR count). The Kier molecular flexibility index (Phi) is 5.95. The first kappa shape index (κ1) is 18.1. The van der Waals surface area contributed by atoms with Gasteiger partial charge in [-0.25, -0.2) is 4.79 Å². The van der Waals surface area contributed by atoms with Gasteiger partial charge in [0.1, 0.15) is 5.60 Å². The van der Waals surface area contributed by atoms with Crippen LogP contribution in [-0.2, 0) is 20.8 Å². The van der Waals surface area contributed by atoms with Crippen LogP contribution in [0.1, 0.15) is 38.1 Å². The van der Waals surface area contributed by atoms with Crippen LogP contribution in [0.15, 0.2) is 23.1 Å². The number of methoxy groups -OCH3 is 2. The van der Waals surface area contributed by atoms with Crippen LogP contribution in [0.5, 0.6) is 0 Å². The molecule has 0 radical (unpaired) electrons. The fourth-order valence-electron chi connectivity index (χ4n) is 2.46. The van der Waals surface area contributed by atoms with Crippen molar-refractivity contribution < 1.29 is 19.0 Å². The molecule has 6 heteroatoms. The predicted octanol–water partition coefficient (Wildman–Crippen LogP) is 3.82.